The number of piperidine rings is 1. The second-order valence-corrected chi connectivity index (χ2v) is 3.79. The third-order valence-corrected chi connectivity index (χ3v) is 2.61. The van der Waals surface area contributed by atoms with Crippen molar-refractivity contribution in [2.45, 2.75) is 57.9 Å². The highest BCUT2D eigenvalue weighted by Gasteiger charge is 2.11. The maximum atomic E-state index is 3.54. The summed E-state index contributed by atoms with van der Waals surface area (Å²) in [7, 11) is 0. The van der Waals surface area contributed by atoms with Gasteiger partial charge in [-0.15, -0.1) is 0 Å². The van der Waals surface area contributed by atoms with Crippen LogP contribution in [-0.2, 0) is 0 Å². The zero-order valence-corrected chi connectivity index (χ0v) is 8.31. The summed E-state index contributed by atoms with van der Waals surface area (Å²) in [6.45, 7) is 3.50. The van der Waals surface area contributed by atoms with E-state index in [2.05, 4.69) is 18.7 Å². The molecule has 12 heavy (non-hydrogen) atoms. The third-order valence-electron chi connectivity index (χ3n) is 2.61. The highest BCUT2D eigenvalue weighted by molar-refractivity contribution is 4.86. The quantitative estimate of drug-likeness (QED) is 0.622. The van der Waals surface area contributed by atoms with Gasteiger partial charge in [0.05, 0.1) is 0 Å². The Morgan fingerprint density at radius 2 is 2.25 bits per heavy atom. The van der Waals surface area contributed by atoms with Crippen molar-refractivity contribution in [2.75, 3.05) is 6.54 Å². The lowest BCUT2D eigenvalue weighted by molar-refractivity contribution is 0.442. The molecule has 1 saturated heterocycles. The molecule has 0 aliphatic carbocycles. The molecular formula is C11H22N. The molecule has 1 N–H and O–H groups in total. The van der Waals surface area contributed by atoms with Crippen molar-refractivity contribution in [1.29, 1.82) is 0 Å². The zero-order chi connectivity index (χ0) is 8.65. The Labute approximate surface area is 76.9 Å². The Morgan fingerprint density at radius 1 is 1.33 bits per heavy atom. The van der Waals surface area contributed by atoms with Gasteiger partial charge in [-0.25, -0.2) is 0 Å². The molecule has 1 nitrogen and oxygen atoms in total. The normalized spacial score (nSPS) is 24.2. The molecule has 1 atom stereocenters. The Bertz CT molecular complexity index is 95.2. The average Bonchev–Trinajstić information content (AvgIpc) is 2.14. The van der Waals surface area contributed by atoms with E-state index in [1.807, 2.05) is 0 Å². The van der Waals surface area contributed by atoms with Crippen LogP contribution in [0.4, 0.5) is 0 Å². The lowest BCUT2D eigenvalue weighted by atomic mass is 9.99. The van der Waals surface area contributed by atoms with E-state index in [-0.39, 0.29) is 0 Å². The fraction of sp³-hybridized carbons (Fsp3) is 0.909. The minimum atomic E-state index is 0.732. The lowest BCUT2D eigenvalue weighted by Crippen LogP contribution is -2.34. The molecule has 0 bridgehead atoms. The largest absolute Gasteiger partial charge is 0.314 e. The fourth-order valence-corrected chi connectivity index (χ4v) is 1.80. The van der Waals surface area contributed by atoms with Crippen molar-refractivity contribution in [2.24, 2.45) is 0 Å². The van der Waals surface area contributed by atoms with Crippen molar-refractivity contribution in [3.05, 3.63) is 6.42 Å². The summed E-state index contributed by atoms with van der Waals surface area (Å²) < 4.78 is 0. The van der Waals surface area contributed by atoms with Gasteiger partial charge in [-0.2, -0.15) is 0 Å². The second-order valence-electron chi connectivity index (χ2n) is 3.79. The monoisotopic (exact) mass is 168 g/mol. The molecule has 0 aromatic heterocycles. The molecule has 1 rings (SSSR count). The molecule has 0 aromatic rings. The van der Waals surface area contributed by atoms with E-state index in [4.69, 9.17) is 0 Å². The summed E-state index contributed by atoms with van der Waals surface area (Å²) in [6, 6.07) is 0.732. The molecule has 1 aliphatic heterocycles. The molecule has 71 valence electrons. The molecule has 0 spiro atoms. The molecule has 1 radical (unpaired) electrons. The van der Waals surface area contributed by atoms with Crippen molar-refractivity contribution in [3.8, 4) is 0 Å². The number of hydrogen-bond donors (Lipinski definition) is 1. The summed E-state index contributed by atoms with van der Waals surface area (Å²) in [5.74, 6) is 0. The van der Waals surface area contributed by atoms with Crippen LogP contribution in [0.5, 0.6) is 0 Å². The first-order valence-corrected chi connectivity index (χ1v) is 5.50. The predicted octanol–water partition coefficient (Wildman–Crippen LogP) is 2.91. The Balaban J connectivity index is 1.91. The van der Waals surface area contributed by atoms with Gasteiger partial charge >= 0.3 is 0 Å². The summed E-state index contributed by atoms with van der Waals surface area (Å²) >= 11 is 0. The molecular weight excluding hydrogens is 146 g/mol. The number of rotatable bonds is 5. The topological polar surface area (TPSA) is 12.0 Å². The van der Waals surface area contributed by atoms with E-state index in [1.165, 1.54) is 51.5 Å². The van der Waals surface area contributed by atoms with Gasteiger partial charge in [0.1, 0.15) is 0 Å². The summed E-state index contributed by atoms with van der Waals surface area (Å²) in [4.78, 5) is 0. The predicted molar refractivity (Wildman–Crippen MR) is 54.1 cm³/mol. The highest BCUT2D eigenvalue weighted by Crippen LogP contribution is 2.12. The van der Waals surface area contributed by atoms with Gasteiger partial charge in [-0.1, -0.05) is 32.6 Å². The van der Waals surface area contributed by atoms with Crippen LogP contribution in [0.1, 0.15) is 51.9 Å². The van der Waals surface area contributed by atoms with E-state index in [0.29, 0.717) is 0 Å². The first-order valence-electron chi connectivity index (χ1n) is 5.50. The van der Waals surface area contributed by atoms with Crippen LogP contribution in [0.3, 0.4) is 0 Å². The van der Waals surface area contributed by atoms with Crippen LogP contribution in [0, 0.1) is 6.42 Å². The minimum absolute atomic E-state index is 0.732. The van der Waals surface area contributed by atoms with E-state index in [9.17, 15) is 0 Å². The maximum Gasteiger partial charge on any atom is 0.00985 e. The smallest absolute Gasteiger partial charge is 0.00985 e. The Hall–Kier alpha value is -0.0400. The molecule has 0 amide bonds. The van der Waals surface area contributed by atoms with Crippen LogP contribution in [-0.4, -0.2) is 12.6 Å². The Kier molecular flexibility index (Phi) is 5.42. The van der Waals surface area contributed by atoms with E-state index in [0.717, 1.165) is 6.04 Å². The fourth-order valence-electron chi connectivity index (χ4n) is 1.80. The SMILES string of the molecule is CCCCCCC1[CH]CCCN1. The van der Waals surface area contributed by atoms with Gasteiger partial charge in [0.2, 0.25) is 0 Å². The summed E-state index contributed by atoms with van der Waals surface area (Å²) in [6.07, 6.45) is 12.1. The third kappa shape index (κ3) is 4.10. The maximum absolute atomic E-state index is 3.54. The van der Waals surface area contributed by atoms with Crippen molar-refractivity contribution in [1.82, 2.24) is 5.32 Å². The van der Waals surface area contributed by atoms with Gasteiger partial charge in [0, 0.05) is 6.04 Å². The number of unbranched alkanes of at least 4 members (excludes halogenated alkanes) is 3. The molecule has 1 unspecified atom stereocenters. The number of nitrogens with one attached hydrogen (secondary N) is 1. The average molecular weight is 168 g/mol. The van der Waals surface area contributed by atoms with E-state index in [1.54, 1.807) is 0 Å². The molecule has 1 fully saturated rings. The standard InChI is InChI=1S/C11H22N/c1-2-3-4-5-8-11-9-6-7-10-12-11/h9,11-12H,2-8,10H2,1H3. The van der Waals surface area contributed by atoms with Crippen LogP contribution in [0.25, 0.3) is 0 Å². The van der Waals surface area contributed by atoms with Gasteiger partial charge in [-0.05, 0) is 32.2 Å². The molecule has 0 saturated carbocycles. The Morgan fingerprint density at radius 3 is 2.92 bits per heavy atom. The molecule has 1 heteroatoms. The van der Waals surface area contributed by atoms with Gasteiger partial charge in [0.25, 0.3) is 0 Å². The van der Waals surface area contributed by atoms with Crippen molar-refractivity contribution >= 4 is 0 Å². The van der Waals surface area contributed by atoms with Crippen LogP contribution in [0.15, 0.2) is 0 Å². The van der Waals surface area contributed by atoms with Gasteiger partial charge < -0.3 is 5.32 Å². The van der Waals surface area contributed by atoms with E-state index >= 15 is 0 Å². The van der Waals surface area contributed by atoms with Crippen LogP contribution < -0.4 is 5.32 Å². The molecule has 0 aromatic carbocycles. The van der Waals surface area contributed by atoms with Crippen molar-refractivity contribution in [3.63, 3.8) is 0 Å². The van der Waals surface area contributed by atoms with Crippen LogP contribution in [0.2, 0.25) is 0 Å². The first-order chi connectivity index (χ1) is 5.93. The van der Waals surface area contributed by atoms with Crippen LogP contribution >= 0.6 is 0 Å². The zero-order valence-electron chi connectivity index (χ0n) is 8.31. The summed E-state index contributed by atoms with van der Waals surface area (Å²) in [5.41, 5.74) is 0. The molecule has 1 aliphatic rings. The van der Waals surface area contributed by atoms with Crippen molar-refractivity contribution < 1.29 is 0 Å². The lowest BCUT2D eigenvalue weighted by Gasteiger charge is -2.22. The highest BCUT2D eigenvalue weighted by atomic mass is 14.9. The molecule has 1 heterocycles. The van der Waals surface area contributed by atoms with E-state index < -0.39 is 0 Å². The minimum Gasteiger partial charge on any atom is -0.314 e. The van der Waals surface area contributed by atoms with Gasteiger partial charge in [0.15, 0.2) is 0 Å². The van der Waals surface area contributed by atoms with Gasteiger partial charge in [-0.3, -0.25) is 0 Å². The second kappa shape index (κ2) is 6.47. The summed E-state index contributed by atoms with van der Waals surface area (Å²) in [5, 5.41) is 3.54. The first kappa shape index (κ1) is 10.0. The number of hydrogen-bond acceptors (Lipinski definition) is 1.